The molecular formula is C15H24N2OS. The van der Waals surface area contributed by atoms with E-state index in [2.05, 4.69) is 29.8 Å². The Labute approximate surface area is 120 Å². The Hall–Kier alpha value is -0.870. The van der Waals surface area contributed by atoms with Gasteiger partial charge in [0.1, 0.15) is 0 Å². The Kier molecular flexibility index (Phi) is 5.40. The predicted octanol–water partition coefficient (Wildman–Crippen LogP) is 3.19. The summed E-state index contributed by atoms with van der Waals surface area (Å²) < 4.78 is 0. The molecule has 1 aliphatic rings. The number of nitrogens with zero attached hydrogens (tertiary/aromatic N) is 1. The summed E-state index contributed by atoms with van der Waals surface area (Å²) in [7, 11) is 0. The summed E-state index contributed by atoms with van der Waals surface area (Å²) in [5.41, 5.74) is 0. The van der Waals surface area contributed by atoms with Gasteiger partial charge in [-0.3, -0.25) is 4.79 Å². The number of carbonyl (C=O) groups is 1. The molecule has 0 aliphatic carbocycles. The summed E-state index contributed by atoms with van der Waals surface area (Å²) in [4.78, 5) is 14.7. The van der Waals surface area contributed by atoms with E-state index in [1.54, 1.807) is 6.92 Å². The van der Waals surface area contributed by atoms with Gasteiger partial charge in [-0.1, -0.05) is 19.4 Å². The first-order valence-corrected chi connectivity index (χ1v) is 8.13. The van der Waals surface area contributed by atoms with E-state index in [0.717, 1.165) is 25.9 Å². The lowest BCUT2D eigenvalue weighted by molar-refractivity contribution is -0.129. The van der Waals surface area contributed by atoms with Crippen molar-refractivity contribution in [1.29, 1.82) is 0 Å². The summed E-state index contributed by atoms with van der Waals surface area (Å²) in [6.45, 7) is 5.70. The van der Waals surface area contributed by atoms with E-state index in [1.165, 1.54) is 17.7 Å². The van der Waals surface area contributed by atoms with Gasteiger partial charge in [0.05, 0.1) is 0 Å². The van der Waals surface area contributed by atoms with Crippen LogP contribution in [0.4, 0.5) is 0 Å². The van der Waals surface area contributed by atoms with Gasteiger partial charge in [0.25, 0.3) is 0 Å². The SMILES string of the molecule is CCCC(NC1CCN(C(C)=O)CC1)c1cccs1. The van der Waals surface area contributed by atoms with Crippen LogP contribution < -0.4 is 5.32 Å². The molecule has 1 atom stereocenters. The van der Waals surface area contributed by atoms with Crippen LogP contribution in [0.25, 0.3) is 0 Å². The van der Waals surface area contributed by atoms with Crippen LogP contribution in [0.3, 0.4) is 0 Å². The van der Waals surface area contributed by atoms with E-state index < -0.39 is 0 Å². The lowest BCUT2D eigenvalue weighted by Crippen LogP contribution is -2.45. The molecule has 1 aromatic rings. The van der Waals surface area contributed by atoms with Crippen LogP contribution in [-0.4, -0.2) is 29.9 Å². The van der Waals surface area contributed by atoms with Gasteiger partial charge >= 0.3 is 0 Å². The first kappa shape index (κ1) is 14.5. The molecule has 2 rings (SSSR count). The van der Waals surface area contributed by atoms with Crippen LogP contribution in [0.2, 0.25) is 0 Å². The maximum atomic E-state index is 11.3. The quantitative estimate of drug-likeness (QED) is 0.898. The molecule has 3 nitrogen and oxygen atoms in total. The number of hydrogen-bond donors (Lipinski definition) is 1. The fraction of sp³-hybridized carbons (Fsp3) is 0.667. The van der Waals surface area contributed by atoms with Crippen molar-refractivity contribution < 1.29 is 4.79 Å². The summed E-state index contributed by atoms with van der Waals surface area (Å²) >= 11 is 1.84. The van der Waals surface area contributed by atoms with Gasteiger partial charge in [0.2, 0.25) is 5.91 Å². The number of hydrogen-bond acceptors (Lipinski definition) is 3. The molecule has 4 heteroatoms. The van der Waals surface area contributed by atoms with Crippen LogP contribution in [0.5, 0.6) is 0 Å². The smallest absolute Gasteiger partial charge is 0.219 e. The molecule has 1 aromatic heterocycles. The van der Waals surface area contributed by atoms with E-state index in [-0.39, 0.29) is 5.91 Å². The highest BCUT2D eigenvalue weighted by molar-refractivity contribution is 7.10. The summed E-state index contributed by atoms with van der Waals surface area (Å²) in [5.74, 6) is 0.210. The summed E-state index contributed by atoms with van der Waals surface area (Å²) in [5, 5.41) is 5.94. The molecule has 19 heavy (non-hydrogen) atoms. The van der Waals surface area contributed by atoms with E-state index in [4.69, 9.17) is 0 Å². The van der Waals surface area contributed by atoms with Gasteiger partial charge in [-0.05, 0) is 30.7 Å². The van der Waals surface area contributed by atoms with Crippen molar-refractivity contribution >= 4 is 17.2 Å². The molecule has 1 amide bonds. The van der Waals surface area contributed by atoms with Crippen molar-refractivity contribution in [3.8, 4) is 0 Å². The Morgan fingerprint density at radius 2 is 2.26 bits per heavy atom. The number of amides is 1. The molecule has 0 saturated carbocycles. The average Bonchev–Trinajstić information content (AvgIpc) is 2.92. The summed E-state index contributed by atoms with van der Waals surface area (Å²) in [6.07, 6.45) is 4.53. The summed E-state index contributed by atoms with van der Waals surface area (Å²) in [6, 6.07) is 5.39. The second-order valence-electron chi connectivity index (χ2n) is 5.30. The van der Waals surface area contributed by atoms with Crippen LogP contribution in [-0.2, 0) is 4.79 Å². The lowest BCUT2D eigenvalue weighted by atomic mass is 10.0. The highest BCUT2D eigenvalue weighted by Crippen LogP contribution is 2.25. The highest BCUT2D eigenvalue weighted by Gasteiger charge is 2.23. The van der Waals surface area contributed by atoms with Gasteiger partial charge in [-0.25, -0.2) is 0 Å². The minimum Gasteiger partial charge on any atom is -0.343 e. The predicted molar refractivity (Wildman–Crippen MR) is 80.4 cm³/mol. The number of likely N-dealkylation sites (tertiary alicyclic amines) is 1. The van der Waals surface area contributed by atoms with E-state index >= 15 is 0 Å². The lowest BCUT2D eigenvalue weighted by Gasteiger charge is -2.34. The molecule has 0 radical (unpaired) electrons. The zero-order chi connectivity index (χ0) is 13.7. The second kappa shape index (κ2) is 7.06. The third kappa shape index (κ3) is 4.05. The molecule has 2 heterocycles. The molecule has 0 bridgehead atoms. The third-order valence-electron chi connectivity index (χ3n) is 3.84. The molecule has 1 fully saturated rings. The van der Waals surface area contributed by atoms with Gasteiger partial charge in [-0.15, -0.1) is 11.3 Å². The van der Waals surface area contributed by atoms with Crippen LogP contribution in [0, 0.1) is 0 Å². The fourth-order valence-electron chi connectivity index (χ4n) is 2.73. The van der Waals surface area contributed by atoms with Crippen molar-refractivity contribution in [1.82, 2.24) is 10.2 Å². The maximum absolute atomic E-state index is 11.3. The average molecular weight is 280 g/mol. The van der Waals surface area contributed by atoms with Crippen molar-refractivity contribution in [3.05, 3.63) is 22.4 Å². The normalized spacial score (nSPS) is 18.5. The van der Waals surface area contributed by atoms with Gasteiger partial charge in [-0.2, -0.15) is 0 Å². The zero-order valence-electron chi connectivity index (χ0n) is 11.9. The second-order valence-corrected chi connectivity index (χ2v) is 6.28. The number of piperidine rings is 1. The molecule has 1 saturated heterocycles. The molecule has 106 valence electrons. The number of nitrogens with one attached hydrogen (secondary N) is 1. The first-order valence-electron chi connectivity index (χ1n) is 7.25. The van der Waals surface area contributed by atoms with Gasteiger partial charge in [0, 0.05) is 37.0 Å². The number of carbonyl (C=O) groups excluding carboxylic acids is 1. The molecule has 0 spiro atoms. The topological polar surface area (TPSA) is 32.3 Å². The Morgan fingerprint density at radius 3 is 2.79 bits per heavy atom. The van der Waals surface area contributed by atoms with Crippen molar-refractivity contribution in [2.45, 2.75) is 51.6 Å². The van der Waals surface area contributed by atoms with Crippen LogP contribution in [0.15, 0.2) is 17.5 Å². The zero-order valence-corrected chi connectivity index (χ0v) is 12.7. The van der Waals surface area contributed by atoms with Crippen LogP contribution in [0.1, 0.15) is 50.4 Å². The number of rotatable bonds is 5. The molecular weight excluding hydrogens is 256 g/mol. The minimum absolute atomic E-state index is 0.210. The standard InChI is InChI=1S/C15H24N2OS/c1-3-5-14(15-6-4-11-19-15)16-13-7-9-17(10-8-13)12(2)18/h4,6,11,13-14,16H,3,5,7-10H2,1-2H3. The van der Waals surface area contributed by atoms with Crippen molar-refractivity contribution in [2.24, 2.45) is 0 Å². The first-order chi connectivity index (χ1) is 9.20. The third-order valence-corrected chi connectivity index (χ3v) is 4.83. The van der Waals surface area contributed by atoms with Gasteiger partial charge < -0.3 is 10.2 Å². The minimum atomic E-state index is 0.210. The van der Waals surface area contributed by atoms with E-state index in [9.17, 15) is 4.79 Å². The highest BCUT2D eigenvalue weighted by atomic mass is 32.1. The molecule has 1 aliphatic heterocycles. The van der Waals surface area contributed by atoms with Crippen LogP contribution >= 0.6 is 11.3 Å². The molecule has 1 unspecified atom stereocenters. The maximum Gasteiger partial charge on any atom is 0.219 e. The van der Waals surface area contributed by atoms with Gasteiger partial charge in [0.15, 0.2) is 0 Å². The monoisotopic (exact) mass is 280 g/mol. The largest absolute Gasteiger partial charge is 0.343 e. The molecule has 0 aromatic carbocycles. The van der Waals surface area contributed by atoms with E-state index in [0.29, 0.717) is 12.1 Å². The van der Waals surface area contributed by atoms with Crippen molar-refractivity contribution in [2.75, 3.05) is 13.1 Å². The molecule has 1 N–H and O–H groups in total. The Balaban J connectivity index is 1.87. The van der Waals surface area contributed by atoms with Crippen molar-refractivity contribution in [3.63, 3.8) is 0 Å². The number of thiophene rings is 1. The Bertz CT molecular complexity index is 383. The Morgan fingerprint density at radius 1 is 1.53 bits per heavy atom. The fourth-order valence-corrected chi connectivity index (χ4v) is 3.55. The van der Waals surface area contributed by atoms with E-state index in [1.807, 2.05) is 16.2 Å².